The standard InChI is InChI=1S/C25H25FN2O4/c1-16-3-9-22(30-2)21(11-16)28-25(29)27-20(12-17-4-7-19(26)8-5-17)13-18-6-10-23-24(14-18)32-15-31-23/h3-11,14,20H,12-13,15H2,1-2H3,(H2,27,28,29)/t20-/m0/s1. The van der Waals surface area contributed by atoms with E-state index in [1.807, 2.05) is 43.3 Å². The van der Waals surface area contributed by atoms with Gasteiger partial charge in [-0.3, -0.25) is 0 Å². The van der Waals surface area contributed by atoms with Crippen LogP contribution in [0.1, 0.15) is 16.7 Å². The summed E-state index contributed by atoms with van der Waals surface area (Å²) in [6.45, 7) is 2.15. The first kappa shape index (κ1) is 21.5. The van der Waals surface area contributed by atoms with Crippen molar-refractivity contribution in [2.75, 3.05) is 19.2 Å². The van der Waals surface area contributed by atoms with Gasteiger partial charge in [-0.2, -0.15) is 0 Å². The van der Waals surface area contributed by atoms with Crippen LogP contribution in [-0.2, 0) is 12.8 Å². The third kappa shape index (κ3) is 5.29. The van der Waals surface area contributed by atoms with E-state index in [1.165, 1.54) is 12.1 Å². The van der Waals surface area contributed by atoms with Crippen LogP contribution in [0.3, 0.4) is 0 Å². The number of carbonyl (C=O) groups excluding carboxylic acids is 1. The number of hydrogen-bond donors (Lipinski definition) is 2. The Bertz CT molecular complexity index is 1100. The van der Waals surface area contributed by atoms with Crippen LogP contribution in [0.4, 0.5) is 14.9 Å². The Morgan fingerprint density at radius 3 is 2.50 bits per heavy atom. The van der Waals surface area contributed by atoms with Crippen molar-refractivity contribution in [3.63, 3.8) is 0 Å². The van der Waals surface area contributed by atoms with Crippen LogP contribution in [0.5, 0.6) is 17.2 Å². The van der Waals surface area contributed by atoms with Crippen LogP contribution in [0.15, 0.2) is 60.7 Å². The van der Waals surface area contributed by atoms with E-state index in [1.54, 1.807) is 19.2 Å². The highest BCUT2D eigenvalue weighted by molar-refractivity contribution is 5.91. The molecule has 2 amide bonds. The van der Waals surface area contributed by atoms with Gasteiger partial charge in [0.2, 0.25) is 6.79 Å². The van der Waals surface area contributed by atoms with Crippen molar-refractivity contribution >= 4 is 11.7 Å². The van der Waals surface area contributed by atoms with Gasteiger partial charge in [0.05, 0.1) is 12.8 Å². The third-order valence-electron chi connectivity index (χ3n) is 5.25. The maximum absolute atomic E-state index is 13.3. The fraction of sp³-hybridized carbons (Fsp3) is 0.240. The van der Waals surface area contributed by atoms with Crippen molar-refractivity contribution in [3.05, 3.63) is 83.2 Å². The number of fused-ring (bicyclic) bond motifs is 1. The largest absolute Gasteiger partial charge is 0.495 e. The predicted molar refractivity (Wildman–Crippen MR) is 120 cm³/mol. The summed E-state index contributed by atoms with van der Waals surface area (Å²) in [6.07, 6.45) is 1.10. The highest BCUT2D eigenvalue weighted by Gasteiger charge is 2.18. The van der Waals surface area contributed by atoms with Gasteiger partial charge in [-0.1, -0.05) is 24.3 Å². The first-order valence-electron chi connectivity index (χ1n) is 10.4. The average molecular weight is 436 g/mol. The summed E-state index contributed by atoms with van der Waals surface area (Å²) in [6, 6.07) is 17.0. The van der Waals surface area contributed by atoms with E-state index in [2.05, 4.69) is 10.6 Å². The van der Waals surface area contributed by atoms with Crippen molar-refractivity contribution in [2.45, 2.75) is 25.8 Å². The zero-order chi connectivity index (χ0) is 22.5. The van der Waals surface area contributed by atoms with Crippen LogP contribution >= 0.6 is 0 Å². The number of urea groups is 1. The number of aryl methyl sites for hydroxylation is 1. The molecule has 0 saturated carbocycles. The van der Waals surface area contributed by atoms with Crippen LogP contribution in [0.25, 0.3) is 0 Å². The van der Waals surface area contributed by atoms with Crippen LogP contribution < -0.4 is 24.8 Å². The second kappa shape index (κ2) is 9.60. The molecule has 4 rings (SSSR count). The monoisotopic (exact) mass is 436 g/mol. The molecule has 1 heterocycles. The van der Waals surface area contributed by atoms with Crippen molar-refractivity contribution in [3.8, 4) is 17.2 Å². The summed E-state index contributed by atoms with van der Waals surface area (Å²) in [7, 11) is 1.56. The molecular formula is C25H25FN2O4. The molecule has 6 nitrogen and oxygen atoms in total. The van der Waals surface area contributed by atoms with E-state index >= 15 is 0 Å². The topological polar surface area (TPSA) is 68.8 Å². The third-order valence-corrected chi connectivity index (χ3v) is 5.25. The van der Waals surface area contributed by atoms with Gasteiger partial charge in [-0.15, -0.1) is 0 Å². The Morgan fingerprint density at radius 2 is 1.72 bits per heavy atom. The molecule has 0 radical (unpaired) electrons. The molecule has 0 fully saturated rings. The molecule has 0 spiro atoms. The number of anilines is 1. The quantitative estimate of drug-likeness (QED) is 0.556. The minimum Gasteiger partial charge on any atom is -0.495 e. The van der Waals surface area contributed by atoms with Gasteiger partial charge >= 0.3 is 6.03 Å². The molecule has 1 atom stereocenters. The van der Waals surface area contributed by atoms with Crippen LogP contribution in [0.2, 0.25) is 0 Å². The Labute approximate surface area is 186 Å². The Morgan fingerprint density at radius 1 is 1.00 bits per heavy atom. The number of nitrogens with one attached hydrogen (secondary N) is 2. The Hall–Kier alpha value is -3.74. The highest BCUT2D eigenvalue weighted by atomic mass is 19.1. The number of carbonyl (C=O) groups is 1. The summed E-state index contributed by atoms with van der Waals surface area (Å²) >= 11 is 0. The van der Waals surface area contributed by atoms with Crippen molar-refractivity contribution in [2.24, 2.45) is 0 Å². The minimum atomic E-state index is -0.346. The van der Waals surface area contributed by atoms with Gasteiger partial charge in [0.15, 0.2) is 11.5 Å². The minimum absolute atomic E-state index is 0.205. The summed E-state index contributed by atoms with van der Waals surface area (Å²) < 4.78 is 29.5. The lowest BCUT2D eigenvalue weighted by Crippen LogP contribution is -2.40. The van der Waals surface area contributed by atoms with Crippen molar-refractivity contribution < 1.29 is 23.4 Å². The zero-order valence-corrected chi connectivity index (χ0v) is 18.0. The fourth-order valence-corrected chi connectivity index (χ4v) is 3.69. The smallest absolute Gasteiger partial charge is 0.319 e. The number of halogens is 1. The molecule has 2 N–H and O–H groups in total. The Kier molecular flexibility index (Phi) is 6.44. The van der Waals surface area contributed by atoms with E-state index in [4.69, 9.17) is 14.2 Å². The van der Waals surface area contributed by atoms with Gasteiger partial charge in [0.1, 0.15) is 11.6 Å². The number of methoxy groups -OCH3 is 1. The van der Waals surface area contributed by atoms with Gasteiger partial charge < -0.3 is 24.8 Å². The van der Waals surface area contributed by atoms with Crippen molar-refractivity contribution in [1.82, 2.24) is 5.32 Å². The van der Waals surface area contributed by atoms with Gasteiger partial charge in [-0.25, -0.2) is 9.18 Å². The molecular weight excluding hydrogens is 411 g/mol. The lowest BCUT2D eigenvalue weighted by atomic mass is 9.98. The molecule has 3 aromatic carbocycles. The molecule has 0 aliphatic carbocycles. The maximum atomic E-state index is 13.3. The highest BCUT2D eigenvalue weighted by Crippen LogP contribution is 2.33. The summed E-state index contributed by atoms with van der Waals surface area (Å²) in [5, 5.41) is 5.92. The van der Waals surface area contributed by atoms with Crippen LogP contribution in [-0.4, -0.2) is 26.0 Å². The first-order chi connectivity index (χ1) is 15.5. The molecule has 0 aromatic heterocycles. The second-order valence-corrected chi connectivity index (χ2v) is 7.72. The molecule has 7 heteroatoms. The average Bonchev–Trinajstić information content (AvgIpc) is 3.23. The SMILES string of the molecule is COc1ccc(C)cc1NC(=O)N[C@@H](Cc1ccc(F)cc1)Cc1ccc2c(c1)OCO2. The summed E-state index contributed by atoms with van der Waals surface area (Å²) in [5.41, 5.74) is 3.51. The first-order valence-corrected chi connectivity index (χ1v) is 10.4. The fourth-order valence-electron chi connectivity index (χ4n) is 3.69. The van der Waals surface area contributed by atoms with Crippen LogP contribution in [0, 0.1) is 12.7 Å². The van der Waals surface area contributed by atoms with Gasteiger partial charge in [-0.05, 0) is 72.9 Å². The zero-order valence-electron chi connectivity index (χ0n) is 18.0. The summed E-state index contributed by atoms with van der Waals surface area (Å²) in [4.78, 5) is 12.8. The molecule has 0 saturated heterocycles. The van der Waals surface area contributed by atoms with Crippen molar-refractivity contribution in [1.29, 1.82) is 0 Å². The van der Waals surface area contributed by atoms with E-state index in [0.717, 1.165) is 16.7 Å². The lowest BCUT2D eigenvalue weighted by molar-refractivity contribution is 0.174. The van der Waals surface area contributed by atoms with E-state index in [9.17, 15) is 9.18 Å². The van der Waals surface area contributed by atoms with Gasteiger partial charge in [0.25, 0.3) is 0 Å². The number of amides is 2. The predicted octanol–water partition coefficient (Wildman–Crippen LogP) is 4.85. The number of hydrogen-bond acceptors (Lipinski definition) is 4. The van der Waals surface area contributed by atoms with E-state index in [-0.39, 0.29) is 24.7 Å². The molecule has 32 heavy (non-hydrogen) atoms. The molecule has 1 aliphatic rings. The summed E-state index contributed by atoms with van der Waals surface area (Å²) in [5.74, 6) is 1.69. The molecule has 0 unspecified atom stereocenters. The van der Waals surface area contributed by atoms with Gasteiger partial charge in [0, 0.05) is 6.04 Å². The van der Waals surface area contributed by atoms with E-state index in [0.29, 0.717) is 35.8 Å². The second-order valence-electron chi connectivity index (χ2n) is 7.72. The Balaban J connectivity index is 1.51. The number of ether oxygens (including phenoxy) is 3. The maximum Gasteiger partial charge on any atom is 0.319 e. The molecule has 3 aromatic rings. The van der Waals surface area contributed by atoms with E-state index < -0.39 is 0 Å². The molecule has 0 bridgehead atoms. The number of benzene rings is 3. The normalized spacial score (nSPS) is 12.8. The molecule has 1 aliphatic heterocycles. The number of rotatable bonds is 7. The molecule has 166 valence electrons. The lowest BCUT2D eigenvalue weighted by Gasteiger charge is -2.20.